The quantitative estimate of drug-likeness (QED) is 0.839. The normalized spacial score (nSPS) is 10.5. The number of halogens is 4. The van der Waals surface area contributed by atoms with E-state index in [1.54, 1.807) is 0 Å². The number of rotatable bonds is 3. The average Bonchev–Trinajstić information content (AvgIpc) is 2.36. The van der Waals surface area contributed by atoms with Crippen LogP contribution in [0.5, 0.6) is 0 Å². The van der Waals surface area contributed by atoms with E-state index in [0.717, 1.165) is 18.2 Å². The van der Waals surface area contributed by atoms with Crippen molar-refractivity contribution in [2.45, 2.75) is 6.54 Å². The number of anilines is 2. The Balaban J connectivity index is 2.14. The van der Waals surface area contributed by atoms with Crippen LogP contribution >= 0.6 is 11.6 Å². The molecule has 0 radical (unpaired) electrons. The lowest BCUT2D eigenvalue weighted by atomic mass is 10.2. The highest BCUT2D eigenvalue weighted by Gasteiger charge is 2.07. The number of nitrogens with one attached hydrogen (secondary N) is 1. The molecule has 0 aliphatic carbocycles. The second kappa shape index (κ2) is 5.40. The molecule has 2 rings (SSSR count). The van der Waals surface area contributed by atoms with Crippen LogP contribution in [0.3, 0.4) is 0 Å². The third-order valence-corrected chi connectivity index (χ3v) is 2.85. The molecular weight excluding hydrogens is 277 g/mol. The van der Waals surface area contributed by atoms with Gasteiger partial charge in [0.05, 0.1) is 16.4 Å². The number of hydrogen-bond donors (Lipinski definition) is 2. The third kappa shape index (κ3) is 3.12. The highest BCUT2D eigenvalue weighted by molar-refractivity contribution is 6.31. The van der Waals surface area contributed by atoms with Crippen molar-refractivity contribution in [1.29, 1.82) is 0 Å². The summed E-state index contributed by atoms with van der Waals surface area (Å²) in [5.41, 5.74) is 6.78. The third-order valence-electron chi connectivity index (χ3n) is 2.56. The van der Waals surface area contributed by atoms with Crippen LogP contribution < -0.4 is 11.1 Å². The first kappa shape index (κ1) is 13.5. The Morgan fingerprint density at radius 1 is 1.00 bits per heavy atom. The molecule has 3 N–H and O–H groups in total. The zero-order chi connectivity index (χ0) is 14.0. The minimum atomic E-state index is -0.936. The second-order valence-electron chi connectivity index (χ2n) is 3.96. The first-order valence-electron chi connectivity index (χ1n) is 5.39. The minimum Gasteiger partial charge on any atom is -0.397 e. The lowest BCUT2D eigenvalue weighted by molar-refractivity contribution is 0.507. The lowest BCUT2D eigenvalue weighted by Gasteiger charge is -2.10. The zero-order valence-corrected chi connectivity index (χ0v) is 10.4. The van der Waals surface area contributed by atoms with Crippen LogP contribution in [-0.2, 0) is 6.54 Å². The molecule has 0 saturated heterocycles. The van der Waals surface area contributed by atoms with Crippen molar-refractivity contribution < 1.29 is 13.2 Å². The van der Waals surface area contributed by atoms with Crippen molar-refractivity contribution in [3.63, 3.8) is 0 Å². The van der Waals surface area contributed by atoms with E-state index < -0.39 is 17.5 Å². The van der Waals surface area contributed by atoms with E-state index in [0.29, 0.717) is 11.3 Å². The molecule has 0 atom stereocenters. The van der Waals surface area contributed by atoms with E-state index in [2.05, 4.69) is 5.32 Å². The maximum atomic E-state index is 13.3. The fraction of sp³-hybridized carbons (Fsp3) is 0.0769. The van der Waals surface area contributed by atoms with E-state index in [1.807, 2.05) is 0 Å². The van der Waals surface area contributed by atoms with E-state index in [9.17, 15) is 13.2 Å². The molecule has 2 aromatic carbocycles. The molecule has 19 heavy (non-hydrogen) atoms. The molecule has 2 nitrogen and oxygen atoms in total. The van der Waals surface area contributed by atoms with Gasteiger partial charge < -0.3 is 11.1 Å². The summed E-state index contributed by atoms with van der Waals surface area (Å²) in [4.78, 5) is 0. The Hall–Kier alpha value is -1.88. The number of benzene rings is 2. The van der Waals surface area contributed by atoms with Crippen LogP contribution in [0.1, 0.15) is 5.56 Å². The van der Waals surface area contributed by atoms with E-state index in [-0.39, 0.29) is 17.3 Å². The van der Waals surface area contributed by atoms with Crippen molar-refractivity contribution in [2.75, 3.05) is 11.1 Å². The van der Waals surface area contributed by atoms with E-state index in [4.69, 9.17) is 17.3 Å². The number of nitrogens with two attached hydrogens (primary N) is 1. The molecule has 100 valence electrons. The van der Waals surface area contributed by atoms with Gasteiger partial charge in [0.2, 0.25) is 0 Å². The van der Waals surface area contributed by atoms with Gasteiger partial charge in [-0.15, -0.1) is 0 Å². The van der Waals surface area contributed by atoms with E-state index in [1.165, 1.54) is 12.1 Å². The van der Waals surface area contributed by atoms with Gasteiger partial charge in [-0.05, 0) is 23.8 Å². The molecule has 0 aromatic heterocycles. The maximum absolute atomic E-state index is 13.3. The molecule has 0 heterocycles. The van der Waals surface area contributed by atoms with Crippen molar-refractivity contribution >= 4 is 23.0 Å². The summed E-state index contributed by atoms with van der Waals surface area (Å²) in [5, 5.41) is 2.76. The van der Waals surface area contributed by atoms with Gasteiger partial charge in [-0.3, -0.25) is 0 Å². The van der Waals surface area contributed by atoms with Crippen molar-refractivity contribution in [3.05, 3.63) is 58.4 Å². The first-order valence-corrected chi connectivity index (χ1v) is 5.77. The second-order valence-corrected chi connectivity index (χ2v) is 4.36. The molecule has 0 fully saturated rings. The SMILES string of the molecule is Nc1cc(Cl)c(F)cc1NCc1ccc(F)c(F)c1. The molecule has 0 aliphatic heterocycles. The van der Waals surface area contributed by atoms with Gasteiger partial charge in [0.1, 0.15) is 5.82 Å². The molecule has 0 unspecified atom stereocenters. The van der Waals surface area contributed by atoms with Crippen LogP contribution in [0.2, 0.25) is 5.02 Å². The predicted octanol–water partition coefficient (Wildman–Crippen LogP) is 3.95. The Kier molecular flexibility index (Phi) is 3.85. The number of hydrogen-bond acceptors (Lipinski definition) is 2. The number of nitrogen functional groups attached to an aromatic ring is 1. The van der Waals surface area contributed by atoms with Crippen molar-refractivity contribution in [2.24, 2.45) is 0 Å². The molecule has 0 bridgehead atoms. The summed E-state index contributed by atoms with van der Waals surface area (Å²) in [7, 11) is 0. The van der Waals surface area contributed by atoms with Gasteiger partial charge in [-0.25, -0.2) is 13.2 Å². The Bertz CT molecular complexity index is 617. The predicted molar refractivity (Wildman–Crippen MR) is 69.5 cm³/mol. The lowest BCUT2D eigenvalue weighted by Crippen LogP contribution is -2.04. The first-order chi connectivity index (χ1) is 8.97. The van der Waals surface area contributed by atoms with Crippen LogP contribution in [0.4, 0.5) is 24.5 Å². The van der Waals surface area contributed by atoms with Crippen molar-refractivity contribution in [1.82, 2.24) is 0 Å². The van der Waals surface area contributed by atoms with Gasteiger partial charge in [-0.1, -0.05) is 17.7 Å². The average molecular weight is 287 g/mol. The van der Waals surface area contributed by atoms with Crippen LogP contribution in [0, 0.1) is 17.5 Å². The smallest absolute Gasteiger partial charge is 0.159 e. The molecule has 0 spiro atoms. The van der Waals surface area contributed by atoms with Gasteiger partial charge in [-0.2, -0.15) is 0 Å². The molecule has 0 aliphatic rings. The molecule has 6 heteroatoms. The van der Waals surface area contributed by atoms with Crippen LogP contribution in [-0.4, -0.2) is 0 Å². The summed E-state index contributed by atoms with van der Waals surface area (Å²) in [5.74, 6) is -2.46. The highest BCUT2D eigenvalue weighted by Crippen LogP contribution is 2.26. The topological polar surface area (TPSA) is 38.0 Å². The molecular formula is C13H10ClF3N2. The molecule has 2 aromatic rings. The Morgan fingerprint density at radius 2 is 1.74 bits per heavy atom. The van der Waals surface area contributed by atoms with Crippen molar-refractivity contribution in [3.8, 4) is 0 Å². The summed E-state index contributed by atoms with van der Waals surface area (Å²) in [6.45, 7) is 0.183. The highest BCUT2D eigenvalue weighted by atomic mass is 35.5. The maximum Gasteiger partial charge on any atom is 0.159 e. The standard InChI is InChI=1S/C13H10ClF3N2/c14-8-4-12(18)13(5-10(8)16)19-6-7-1-2-9(15)11(17)3-7/h1-5,19H,6,18H2. The van der Waals surface area contributed by atoms with Gasteiger partial charge >= 0.3 is 0 Å². The molecule has 0 amide bonds. The summed E-state index contributed by atoms with van der Waals surface area (Å²) in [6, 6.07) is 5.94. The fourth-order valence-electron chi connectivity index (χ4n) is 1.56. The monoisotopic (exact) mass is 286 g/mol. The van der Waals surface area contributed by atoms with Crippen LogP contribution in [0.25, 0.3) is 0 Å². The summed E-state index contributed by atoms with van der Waals surface area (Å²) in [6.07, 6.45) is 0. The van der Waals surface area contributed by atoms with E-state index >= 15 is 0 Å². The zero-order valence-electron chi connectivity index (χ0n) is 9.68. The minimum absolute atomic E-state index is 0.0733. The summed E-state index contributed by atoms with van der Waals surface area (Å²) < 4.78 is 39.0. The van der Waals surface area contributed by atoms with Crippen LogP contribution in [0.15, 0.2) is 30.3 Å². The summed E-state index contributed by atoms with van der Waals surface area (Å²) >= 11 is 5.57. The largest absolute Gasteiger partial charge is 0.397 e. The van der Waals surface area contributed by atoms with Gasteiger partial charge in [0.25, 0.3) is 0 Å². The fourth-order valence-corrected chi connectivity index (χ4v) is 1.73. The van der Waals surface area contributed by atoms with Gasteiger partial charge in [0, 0.05) is 12.6 Å². The molecule has 0 saturated carbocycles. The van der Waals surface area contributed by atoms with Gasteiger partial charge in [0.15, 0.2) is 11.6 Å². The Morgan fingerprint density at radius 3 is 2.42 bits per heavy atom. The Labute approximate surface area is 113 Å².